The van der Waals surface area contributed by atoms with Gasteiger partial charge in [0.2, 0.25) is 0 Å². The Labute approximate surface area is 125 Å². The van der Waals surface area contributed by atoms with Crippen LogP contribution in [0.2, 0.25) is 0 Å². The molecular formula is C15H14BrFN2O. The Morgan fingerprint density at radius 3 is 2.50 bits per heavy atom. The summed E-state index contributed by atoms with van der Waals surface area (Å²) in [4.78, 5) is 12.1. The van der Waals surface area contributed by atoms with Crippen LogP contribution in [0.15, 0.2) is 46.9 Å². The molecule has 0 spiro atoms. The molecule has 0 fully saturated rings. The molecule has 0 saturated carbocycles. The van der Waals surface area contributed by atoms with Crippen molar-refractivity contribution in [1.29, 1.82) is 0 Å². The molecule has 0 aliphatic heterocycles. The first-order valence-corrected chi connectivity index (χ1v) is 6.88. The molecule has 20 heavy (non-hydrogen) atoms. The molecule has 0 aliphatic rings. The zero-order chi connectivity index (χ0) is 14.7. The van der Waals surface area contributed by atoms with Crippen LogP contribution >= 0.6 is 15.9 Å². The standard InChI is InChI=1S/C15H14BrFN2O/c1-9(10-2-4-11(16)5-3-10)19-15(20)13-7-6-12(17)8-14(13)18/h2-9H,18H2,1H3,(H,19,20). The minimum absolute atomic E-state index is 0.130. The van der Waals surface area contributed by atoms with E-state index in [4.69, 9.17) is 5.73 Å². The predicted octanol–water partition coefficient (Wildman–Crippen LogP) is 3.66. The first-order valence-electron chi connectivity index (χ1n) is 6.08. The zero-order valence-corrected chi connectivity index (χ0v) is 12.4. The summed E-state index contributed by atoms with van der Waals surface area (Å²) in [5.74, 6) is -0.780. The molecule has 1 unspecified atom stereocenters. The Balaban J connectivity index is 2.13. The van der Waals surface area contributed by atoms with E-state index in [2.05, 4.69) is 21.2 Å². The van der Waals surface area contributed by atoms with Gasteiger partial charge in [-0.2, -0.15) is 0 Å². The van der Waals surface area contributed by atoms with Gasteiger partial charge in [0.25, 0.3) is 5.91 Å². The highest BCUT2D eigenvalue weighted by Gasteiger charge is 2.14. The monoisotopic (exact) mass is 336 g/mol. The van der Waals surface area contributed by atoms with Gasteiger partial charge in [-0.3, -0.25) is 4.79 Å². The van der Waals surface area contributed by atoms with Crippen LogP contribution in [0.5, 0.6) is 0 Å². The van der Waals surface area contributed by atoms with Crippen molar-refractivity contribution >= 4 is 27.5 Å². The van der Waals surface area contributed by atoms with Crippen LogP contribution in [0.3, 0.4) is 0 Å². The van der Waals surface area contributed by atoms with E-state index < -0.39 is 5.82 Å². The fraction of sp³-hybridized carbons (Fsp3) is 0.133. The third-order valence-electron chi connectivity index (χ3n) is 2.98. The maximum absolute atomic E-state index is 13.0. The second-order valence-corrected chi connectivity index (χ2v) is 5.39. The fourth-order valence-corrected chi connectivity index (χ4v) is 2.11. The Hall–Kier alpha value is -1.88. The van der Waals surface area contributed by atoms with Gasteiger partial charge in [-0.05, 0) is 42.8 Å². The summed E-state index contributed by atoms with van der Waals surface area (Å²) < 4.78 is 13.9. The normalized spacial score (nSPS) is 11.9. The summed E-state index contributed by atoms with van der Waals surface area (Å²) in [7, 11) is 0. The van der Waals surface area contributed by atoms with E-state index in [0.717, 1.165) is 16.1 Å². The summed E-state index contributed by atoms with van der Waals surface area (Å²) in [6.07, 6.45) is 0. The smallest absolute Gasteiger partial charge is 0.253 e. The van der Waals surface area contributed by atoms with Gasteiger partial charge < -0.3 is 11.1 Å². The molecule has 5 heteroatoms. The SMILES string of the molecule is CC(NC(=O)c1ccc(F)cc1N)c1ccc(Br)cc1. The first kappa shape index (κ1) is 14.5. The Morgan fingerprint density at radius 2 is 1.90 bits per heavy atom. The van der Waals surface area contributed by atoms with E-state index in [-0.39, 0.29) is 23.2 Å². The van der Waals surface area contributed by atoms with E-state index in [1.165, 1.54) is 12.1 Å². The van der Waals surface area contributed by atoms with Gasteiger partial charge in [0.05, 0.1) is 11.6 Å². The molecule has 1 atom stereocenters. The molecular weight excluding hydrogens is 323 g/mol. The van der Waals surface area contributed by atoms with Crippen LogP contribution in [0.1, 0.15) is 28.9 Å². The summed E-state index contributed by atoms with van der Waals surface area (Å²) in [5, 5.41) is 2.84. The molecule has 0 radical (unpaired) electrons. The van der Waals surface area contributed by atoms with Gasteiger partial charge in [-0.25, -0.2) is 4.39 Å². The van der Waals surface area contributed by atoms with Crippen molar-refractivity contribution in [3.8, 4) is 0 Å². The maximum atomic E-state index is 13.0. The number of benzene rings is 2. The number of nitrogen functional groups attached to an aromatic ring is 1. The lowest BCUT2D eigenvalue weighted by atomic mass is 10.1. The number of rotatable bonds is 3. The summed E-state index contributed by atoms with van der Waals surface area (Å²) in [6.45, 7) is 1.88. The van der Waals surface area contributed by atoms with Crippen LogP contribution in [0.4, 0.5) is 10.1 Å². The molecule has 0 aliphatic carbocycles. The van der Waals surface area contributed by atoms with Crippen LogP contribution < -0.4 is 11.1 Å². The minimum Gasteiger partial charge on any atom is -0.398 e. The highest BCUT2D eigenvalue weighted by Crippen LogP contribution is 2.18. The van der Waals surface area contributed by atoms with E-state index in [0.29, 0.717) is 0 Å². The second-order valence-electron chi connectivity index (χ2n) is 4.48. The lowest BCUT2D eigenvalue weighted by Crippen LogP contribution is -2.27. The molecule has 2 rings (SSSR count). The van der Waals surface area contributed by atoms with Crippen molar-refractivity contribution in [3.63, 3.8) is 0 Å². The maximum Gasteiger partial charge on any atom is 0.253 e. The average molecular weight is 337 g/mol. The molecule has 2 aromatic rings. The van der Waals surface area contributed by atoms with Crippen LogP contribution in [0, 0.1) is 5.82 Å². The van der Waals surface area contributed by atoms with E-state index >= 15 is 0 Å². The Bertz CT molecular complexity index is 628. The van der Waals surface area contributed by atoms with Crippen molar-refractivity contribution in [2.24, 2.45) is 0 Å². The van der Waals surface area contributed by atoms with Gasteiger partial charge in [0, 0.05) is 10.2 Å². The van der Waals surface area contributed by atoms with Gasteiger partial charge in [0.15, 0.2) is 0 Å². The summed E-state index contributed by atoms with van der Waals surface area (Å²) in [5.41, 5.74) is 7.03. The number of nitrogens with one attached hydrogen (secondary N) is 1. The Kier molecular flexibility index (Phi) is 4.39. The lowest BCUT2D eigenvalue weighted by molar-refractivity contribution is 0.0941. The van der Waals surface area contributed by atoms with Crippen molar-refractivity contribution in [3.05, 3.63) is 63.9 Å². The molecule has 1 amide bonds. The number of amides is 1. The van der Waals surface area contributed by atoms with Gasteiger partial charge >= 0.3 is 0 Å². The number of anilines is 1. The predicted molar refractivity (Wildman–Crippen MR) is 80.8 cm³/mol. The van der Waals surface area contributed by atoms with Crippen molar-refractivity contribution < 1.29 is 9.18 Å². The van der Waals surface area contributed by atoms with Crippen molar-refractivity contribution in [2.45, 2.75) is 13.0 Å². The molecule has 2 aromatic carbocycles. The quantitative estimate of drug-likeness (QED) is 0.840. The summed E-state index contributed by atoms with van der Waals surface area (Å²) in [6, 6.07) is 11.2. The molecule has 0 bridgehead atoms. The van der Waals surface area contributed by atoms with Crippen LogP contribution in [0.25, 0.3) is 0 Å². The molecule has 0 aromatic heterocycles. The molecule has 0 saturated heterocycles. The summed E-state index contributed by atoms with van der Waals surface area (Å²) >= 11 is 3.36. The highest BCUT2D eigenvalue weighted by molar-refractivity contribution is 9.10. The van der Waals surface area contributed by atoms with Gasteiger partial charge in [-0.1, -0.05) is 28.1 Å². The molecule has 104 valence electrons. The van der Waals surface area contributed by atoms with Gasteiger partial charge in [0.1, 0.15) is 5.82 Å². The third kappa shape index (κ3) is 3.36. The van der Waals surface area contributed by atoms with E-state index in [1.807, 2.05) is 31.2 Å². The minimum atomic E-state index is -0.458. The average Bonchev–Trinajstić information content (AvgIpc) is 2.39. The fourth-order valence-electron chi connectivity index (χ4n) is 1.85. The number of carbonyl (C=O) groups is 1. The third-order valence-corrected chi connectivity index (χ3v) is 3.50. The number of nitrogens with two attached hydrogens (primary N) is 1. The second kappa shape index (κ2) is 6.05. The molecule has 3 nitrogen and oxygen atoms in total. The zero-order valence-electron chi connectivity index (χ0n) is 10.9. The van der Waals surface area contributed by atoms with Crippen LogP contribution in [-0.4, -0.2) is 5.91 Å². The largest absolute Gasteiger partial charge is 0.398 e. The van der Waals surface area contributed by atoms with Crippen molar-refractivity contribution in [1.82, 2.24) is 5.32 Å². The number of halogens is 2. The number of carbonyl (C=O) groups excluding carboxylic acids is 1. The molecule has 3 N–H and O–H groups in total. The number of hydrogen-bond acceptors (Lipinski definition) is 2. The number of hydrogen-bond donors (Lipinski definition) is 2. The Morgan fingerprint density at radius 1 is 1.25 bits per heavy atom. The topological polar surface area (TPSA) is 55.1 Å². The lowest BCUT2D eigenvalue weighted by Gasteiger charge is -2.15. The van der Waals surface area contributed by atoms with E-state index in [1.54, 1.807) is 0 Å². The molecule has 0 heterocycles. The van der Waals surface area contributed by atoms with Crippen LogP contribution in [-0.2, 0) is 0 Å². The highest BCUT2D eigenvalue weighted by atomic mass is 79.9. The first-order chi connectivity index (χ1) is 9.47. The van der Waals surface area contributed by atoms with Crippen molar-refractivity contribution in [2.75, 3.05) is 5.73 Å². The van der Waals surface area contributed by atoms with Gasteiger partial charge in [-0.15, -0.1) is 0 Å². The van der Waals surface area contributed by atoms with E-state index in [9.17, 15) is 9.18 Å².